The van der Waals surface area contributed by atoms with Crippen molar-refractivity contribution in [1.82, 2.24) is 0 Å². The number of phenols is 1. The summed E-state index contributed by atoms with van der Waals surface area (Å²) in [6.45, 7) is 13.1. The summed E-state index contributed by atoms with van der Waals surface area (Å²) >= 11 is 0. The van der Waals surface area contributed by atoms with Crippen LogP contribution >= 0.6 is 8.46 Å². The third-order valence-corrected chi connectivity index (χ3v) is 5.13. The standard InChI is InChI=1S/C21H27O2P/c1-20(2,3)15-11-14(12-16(13-15)21(4,5)6)19(24-23)17-9-7-8-10-18(17)22/h7-13,19,22H,1-6H3. The molecule has 1 atom stereocenters. The Morgan fingerprint density at radius 1 is 0.875 bits per heavy atom. The van der Waals surface area contributed by atoms with Gasteiger partial charge in [-0.3, -0.25) is 4.57 Å². The Balaban J connectivity index is 2.67. The molecule has 24 heavy (non-hydrogen) atoms. The molecule has 0 saturated carbocycles. The van der Waals surface area contributed by atoms with Crippen molar-refractivity contribution >= 4 is 8.46 Å². The van der Waals surface area contributed by atoms with E-state index >= 15 is 0 Å². The lowest BCUT2D eigenvalue weighted by atomic mass is 9.79. The van der Waals surface area contributed by atoms with E-state index in [1.807, 2.05) is 12.1 Å². The molecule has 0 aliphatic carbocycles. The Labute approximate surface area is 147 Å². The quantitative estimate of drug-likeness (QED) is 0.658. The molecule has 2 nitrogen and oxygen atoms in total. The van der Waals surface area contributed by atoms with E-state index in [4.69, 9.17) is 0 Å². The fraction of sp³-hybridized carbons (Fsp3) is 0.429. The zero-order valence-electron chi connectivity index (χ0n) is 15.4. The SMILES string of the molecule is CC(C)(C)c1cc(C(P=O)c2ccccc2O)cc(C(C)(C)C)c1. The first-order valence-corrected chi connectivity index (χ1v) is 9.18. The fourth-order valence-electron chi connectivity index (χ4n) is 2.69. The lowest BCUT2D eigenvalue weighted by Crippen LogP contribution is -2.17. The van der Waals surface area contributed by atoms with E-state index < -0.39 is 0 Å². The fourth-order valence-corrected chi connectivity index (χ4v) is 3.29. The highest BCUT2D eigenvalue weighted by Gasteiger charge is 2.25. The van der Waals surface area contributed by atoms with E-state index in [1.54, 1.807) is 12.1 Å². The van der Waals surface area contributed by atoms with Gasteiger partial charge in [0.1, 0.15) is 5.75 Å². The van der Waals surface area contributed by atoms with E-state index in [-0.39, 0.29) is 30.7 Å². The minimum Gasteiger partial charge on any atom is -0.508 e. The maximum absolute atomic E-state index is 12.0. The third kappa shape index (κ3) is 4.05. The second-order valence-corrected chi connectivity index (χ2v) is 9.14. The van der Waals surface area contributed by atoms with Gasteiger partial charge in [0.15, 0.2) is 8.46 Å². The van der Waals surface area contributed by atoms with Crippen LogP contribution in [0.5, 0.6) is 5.75 Å². The topological polar surface area (TPSA) is 37.3 Å². The van der Waals surface area contributed by atoms with Gasteiger partial charge in [-0.25, -0.2) is 0 Å². The summed E-state index contributed by atoms with van der Waals surface area (Å²) in [5.74, 6) is 0.185. The molecule has 2 aromatic carbocycles. The van der Waals surface area contributed by atoms with Crippen molar-refractivity contribution in [1.29, 1.82) is 0 Å². The lowest BCUT2D eigenvalue weighted by molar-refractivity contribution is 0.468. The molecule has 2 rings (SSSR count). The van der Waals surface area contributed by atoms with Crippen LogP contribution in [-0.4, -0.2) is 5.11 Å². The molecule has 1 unspecified atom stereocenters. The zero-order chi connectivity index (χ0) is 18.1. The summed E-state index contributed by atoms with van der Waals surface area (Å²) in [7, 11) is -0.0157. The van der Waals surface area contributed by atoms with Crippen LogP contribution in [0.25, 0.3) is 0 Å². The van der Waals surface area contributed by atoms with E-state index in [2.05, 4.69) is 59.7 Å². The Bertz CT molecular complexity index is 704. The number of rotatable bonds is 3. The van der Waals surface area contributed by atoms with Crippen molar-refractivity contribution in [3.05, 3.63) is 64.7 Å². The number of aromatic hydroxyl groups is 1. The second kappa shape index (κ2) is 6.69. The highest BCUT2D eigenvalue weighted by atomic mass is 31.1. The van der Waals surface area contributed by atoms with Gasteiger partial charge in [-0.1, -0.05) is 77.9 Å². The summed E-state index contributed by atoms with van der Waals surface area (Å²) in [6, 6.07) is 13.6. The van der Waals surface area contributed by atoms with Gasteiger partial charge in [0.05, 0.1) is 5.66 Å². The number of benzene rings is 2. The van der Waals surface area contributed by atoms with Crippen LogP contribution in [0.15, 0.2) is 42.5 Å². The normalized spacial score (nSPS) is 13.9. The van der Waals surface area contributed by atoms with Gasteiger partial charge in [0.2, 0.25) is 0 Å². The maximum atomic E-state index is 12.0. The predicted molar refractivity (Wildman–Crippen MR) is 101 cm³/mol. The van der Waals surface area contributed by atoms with Gasteiger partial charge in [0.25, 0.3) is 0 Å². The first-order chi connectivity index (χ1) is 11.0. The van der Waals surface area contributed by atoms with Crippen molar-refractivity contribution in [2.24, 2.45) is 0 Å². The highest BCUT2D eigenvalue weighted by Crippen LogP contribution is 2.41. The smallest absolute Gasteiger partial charge is 0.168 e. The van der Waals surface area contributed by atoms with Gasteiger partial charge in [-0.2, -0.15) is 0 Å². The first kappa shape index (κ1) is 18.7. The summed E-state index contributed by atoms with van der Waals surface area (Å²) in [5.41, 5.74) is 3.74. The summed E-state index contributed by atoms with van der Waals surface area (Å²) in [6.07, 6.45) is 0. The molecule has 1 N–H and O–H groups in total. The van der Waals surface area contributed by atoms with E-state index in [9.17, 15) is 9.67 Å². The average molecular weight is 342 g/mol. The van der Waals surface area contributed by atoms with Gasteiger partial charge in [-0.05, 0) is 33.6 Å². The minimum atomic E-state index is -0.366. The molecule has 0 aromatic heterocycles. The summed E-state index contributed by atoms with van der Waals surface area (Å²) in [5, 5.41) is 10.2. The van der Waals surface area contributed by atoms with Crippen LogP contribution in [0.1, 0.15) is 69.5 Å². The Morgan fingerprint density at radius 3 is 1.79 bits per heavy atom. The number of hydrogen-bond acceptors (Lipinski definition) is 2. The monoisotopic (exact) mass is 342 g/mol. The largest absolute Gasteiger partial charge is 0.508 e. The van der Waals surface area contributed by atoms with Crippen molar-refractivity contribution in [2.45, 2.75) is 58.0 Å². The number of para-hydroxylation sites is 1. The molecule has 2 aromatic rings. The van der Waals surface area contributed by atoms with Crippen LogP contribution in [0.4, 0.5) is 0 Å². The second-order valence-electron chi connectivity index (χ2n) is 8.41. The van der Waals surface area contributed by atoms with Crippen molar-refractivity contribution in [2.75, 3.05) is 0 Å². The van der Waals surface area contributed by atoms with Crippen molar-refractivity contribution in [3.8, 4) is 5.75 Å². The average Bonchev–Trinajstić information content (AvgIpc) is 2.48. The molecule has 0 aliphatic rings. The first-order valence-electron chi connectivity index (χ1n) is 8.30. The Kier molecular flexibility index (Phi) is 5.20. The molecule has 0 fully saturated rings. The van der Waals surface area contributed by atoms with Gasteiger partial charge in [-0.15, -0.1) is 0 Å². The third-order valence-electron chi connectivity index (χ3n) is 4.34. The molecular formula is C21H27O2P. The van der Waals surface area contributed by atoms with Crippen molar-refractivity contribution in [3.63, 3.8) is 0 Å². The predicted octanol–water partition coefficient (Wildman–Crippen LogP) is 6.37. The van der Waals surface area contributed by atoms with Crippen LogP contribution in [0, 0.1) is 0 Å². The molecule has 0 radical (unpaired) electrons. The Morgan fingerprint density at radius 2 is 1.38 bits per heavy atom. The molecule has 3 heteroatoms. The lowest BCUT2D eigenvalue weighted by Gasteiger charge is -2.27. The van der Waals surface area contributed by atoms with Gasteiger partial charge < -0.3 is 5.11 Å². The van der Waals surface area contributed by atoms with Gasteiger partial charge in [0, 0.05) is 5.56 Å². The highest BCUT2D eigenvalue weighted by molar-refractivity contribution is 7.24. The number of hydrogen-bond donors (Lipinski definition) is 1. The molecule has 0 amide bonds. The molecule has 0 saturated heterocycles. The van der Waals surface area contributed by atoms with Gasteiger partial charge >= 0.3 is 0 Å². The van der Waals surface area contributed by atoms with E-state index in [0.717, 1.165) is 5.56 Å². The molecular weight excluding hydrogens is 315 g/mol. The zero-order valence-corrected chi connectivity index (χ0v) is 16.3. The molecule has 0 bridgehead atoms. The molecule has 0 aliphatic heterocycles. The molecule has 128 valence electrons. The van der Waals surface area contributed by atoms with Crippen LogP contribution < -0.4 is 0 Å². The molecule has 0 heterocycles. The van der Waals surface area contributed by atoms with E-state index in [1.165, 1.54) is 11.1 Å². The minimum absolute atomic E-state index is 0.000927. The maximum Gasteiger partial charge on any atom is 0.168 e. The van der Waals surface area contributed by atoms with Crippen LogP contribution in [-0.2, 0) is 15.4 Å². The Hall–Kier alpha value is -1.66. The molecule has 0 spiro atoms. The van der Waals surface area contributed by atoms with E-state index in [0.29, 0.717) is 5.56 Å². The van der Waals surface area contributed by atoms with Crippen LogP contribution in [0.2, 0.25) is 0 Å². The number of phenolic OH excluding ortho intramolecular Hbond substituents is 1. The summed E-state index contributed by atoms with van der Waals surface area (Å²) in [4.78, 5) is 0. The van der Waals surface area contributed by atoms with Crippen LogP contribution in [0.3, 0.4) is 0 Å². The van der Waals surface area contributed by atoms with Crippen molar-refractivity contribution < 1.29 is 9.67 Å². The summed E-state index contributed by atoms with van der Waals surface area (Å²) < 4.78 is 12.0.